The molecule has 0 spiro atoms. The van der Waals surface area contributed by atoms with Gasteiger partial charge in [0.15, 0.2) is 0 Å². The predicted octanol–water partition coefficient (Wildman–Crippen LogP) is 1.54. The van der Waals surface area contributed by atoms with E-state index in [4.69, 9.17) is 5.73 Å². The summed E-state index contributed by atoms with van der Waals surface area (Å²) in [6, 6.07) is 4.52. The van der Waals surface area contributed by atoms with Crippen LogP contribution >= 0.6 is 0 Å². The Morgan fingerprint density at radius 2 is 2.25 bits per heavy atom. The molecule has 0 aromatic heterocycles. The largest absolute Gasteiger partial charge is 0.398 e. The smallest absolute Gasteiger partial charge is 0.128 e. The molecule has 0 heterocycles. The van der Waals surface area contributed by atoms with Crippen LogP contribution in [0.25, 0.3) is 0 Å². The van der Waals surface area contributed by atoms with Crippen LogP contribution in [-0.2, 0) is 11.2 Å². The highest BCUT2D eigenvalue weighted by molar-refractivity contribution is 5.53. The van der Waals surface area contributed by atoms with Crippen molar-refractivity contribution in [2.45, 2.75) is 12.8 Å². The number of carbonyl (C=O) groups excluding carboxylic acids is 1. The summed E-state index contributed by atoms with van der Waals surface area (Å²) < 4.78 is 13.0. The van der Waals surface area contributed by atoms with Crippen LogP contribution < -0.4 is 5.73 Å². The maximum absolute atomic E-state index is 13.0. The number of hydrogen-bond acceptors (Lipinski definition) is 2. The number of nitrogens with two attached hydrogens (primary N) is 1. The van der Waals surface area contributed by atoms with Crippen LogP contribution in [0.5, 0.6) is 0 Å². The molecule has 0 fully saturated rings. The second-order valence-electron chi connectivity index (χ2n) is 2.51. The van der Waals surface area contributed by atoms with Gasteiger partial charge in [0.25, 0.3) is 0 Å². The third-order valence-electron chi connectivity index (χ3n) is 1.67. The van der Waals surface area contributed by atoms with Crippen LogP contribution in [0.1, 0.15) is 12.0 Å². The fourth-order valence-corrected chi connectivity index (χ4v) is 1.04. The molecule has 0 saturated carbocycles. The van der Waals surface area contributed by atoms with E-state index in [9.17, 15) is 9.18 Å². The van der Waals surface area contributed by atoms with E-state index >= 15 is 0 Å². The Labute approximate surface area is 70.2 Å². The number of hydrogen-bond donors (Lipinski definition) is 1. The summed E-state index contributed by atoms with van der Waals surface area (Å²) in [6.07, 6.45) is 1.44. The summed E-state index contributed by atoms with van der Waals surface area (Å²) in [5.74, 6) is -0.336. The molecule has 0 aliphatic carbocycles. The van der Waals surface area contributed by atoms with E-state index in [1.807, 2.05) is 0 Å². The molecule has 1 rings (SSSR count). The summed E-state index contributed by atoms with van der Waals surface area (Å²) >= 11 is 0. The summed E-state index contributed by atoms with van der Waals surface area (Å²) in [4.78, 5) is 10.0. The van der Waals surface area contributed by atoms with Gasteiger partial charge in [0.2, 0.25) is 0 Å². The Morgan fingerprint density at radius 3 is 2.83 bits per heavy atom. The predicted molar refractivity (Wildman–Crippen MR) is 45.2 cm³/mol. The third kappa shape index (κ3) is 1.81. The normalized spacial score (nSPS) is 9.75. The lowest BCUT2D eigenvalue weighted by molar-refractivity contribution is -0.107. The minimum atomic E-state index is -0.336. The van der Waals surface area contributed by atoms with Gasteiger partial charge in [-0.3, -0.25) is 0 Å². The molecule has 1 aromatic carbocycles. The zero-order chi connectivity index (χ0) is 8.97. The molecule has 0 bridgehead atoms. The number of aldehydes is 1. The number of carbonyl (C=O) groups is 1. The van der Waals surface area contributed by atoms with Gasteiger partial charge in [-0.1, -0.05) is 6.07 Å². The molecule has 12 heavy (non-hydrogen) atoms. The highest BCUT2D eigenvalue weighted by Crippen LogP contribution is 2.16. The Hall–Kier alpha value is -1.38. The van der Waals surface area contributed by atoms with Gasteiger partial charge in [0, 0.05) is 17.7 Å². The van der Waals surface area contributed by atoms with E-state index in [1.165, 1.54) is 6.07 Å². The maximum Gasteiger partial charge on any atom is 0.128 e. The summed E-state index contributed by atoms with van der Waals surface area (Å²) in [5, 5.41) is 0. The maximum atomic E-state index is 13.0. The van der Waals surface area contributed by atoms with Gasteiger partial charge < -0.3 is 10.5 Å². The lowest BCUT2D eigenvalue weighted by Gasteiger charge is -2.03. The fraction of sp³-hybridized carbons (Fsp3) is 0.222. The SMILES string of the molecule is Nc1cccc(F)c1CCC=O. The average Bonchev–Trinajstić information content (AvgIpc) is 2.04. The van der Waals surface area contributed by atoms with Crippen LogP contribution in [-0.4, -0.2) is 6.29 Å². The van der Waals surface area contributed by atoms with E-state index < -0.39 is 0 Å². The molecule has 64 valence electrons. The van der Waals surface area contributed by atoms with Crippen LogP contribution in [0.2, 0.25) is 0 Å². The van der Waals surface area contributed by atoms with Gasteiger partial charge in [-0.25, -0.2) is 4.39 Å². The third-order valence-corrected chi connectivity index (χ3v) is 1.67. The van der Waals surface area contributed by atoms with Gasteiger partial charge in [-0.2, -0.15) is 0 Å². The van der Waals surface area contributed by atoms with Crippen molar-refractivity contribution in [2.75, 3.05) is 5.73 Å². The van der Waals surface area contributed by atoms with Gasteiger partial charge in [-0.05, 0) is 18.6 Å². The topological polar surface area (TPSA) is 43.1 Å². The van der Waals surface area contributed by atoms with Crippen molar-refractivity contribution < 1.29 is 9.18 Å². The average molecular weight is 167 g/mol. The highest BCUT2D eigenvalue weighted by atomic mass is 19.1. The van der Waals surface area contributed by atoms with Gasteiger partial charge in [0.1, 0.15) is 12.1 Å². The van der Waals surface area contributed by atoms with Crippen molar-refractivity contribution in [3.63, 3.8) is 0 Å². The van der Waals surface area contributed by atoms with Crippen molar-refractivity contribution in [2.24, 2.45) is 0 Å². The zero-order valence-corrected chi connectivity index (χ0v) is 6.59. The molecule has 3 heteroatoms. The first-order valence-corrected chi connectivity index (χ1v) is 3.72. The number of anilines is 1. The number of halogens is 1. The molecule has 0 aliphatic heterocycles. The van der Waals surface area contributed by atoms with E-state index in [2.05, 4.69) is 0 Å². The first kappa shape index (κ1) is 8.71. The van der Waals surface area contributed by atoms with Crippen LogP contribution in [0.15, 0.2) is 18.2 Å². The number of benzene rings is 1. The van der Waals surface area contributed by atoms with Crippen molar-refractivity contribution in [1.29, 1.82) is 0 Å². The van der Waals surface area contributed by atoms with Gasteiger partial charge in [-0.15, -0.1) is 0 Å². The second-order valence-corrected chi connectivity index (χ2v) is 2.51. The lowest BCUT2D eigenvalue weighted by Crippen LogP contribution is -1.98. The highest BCUT2D eigenvalue weighted by Gasteiger charge is 2.04. The minimum absolute atomic E-state index is 0.311. The molecule has 2 N–H and O–H groups in total. The summed E-state index contributed by atoms with van der Waals surface area (Å²) in [5.41, 5.74) is 6.35. The van der Waals surface area contributed by atoms with Crippen LogP contribution in [0, 0.1) is 5.82 Å². The van der Waals surface area contributed by atoms with Crippen molar-refractivity contribution in [3.8, 4) is 0 Å². The lowest BCUT2D eigenvalue weighted by atomic mass is 10.1. The van der Waals surface area contributed by atoms with E-state index in [0.717, 1.165) is 6.29 Å². The standard InChI is InChI=1S/C9H10FNO/c10-8-4-1-5-9(11)7(8)3-2-6-12/h1,4-6H,2-3,11H2. The molecule has 1 aromatic rings. The van der Waals surface area contributed by atoms with Gasteiger partial charge >= 0.3 is 0 Å². The molecular weight excluding hydrogens is 157 g/mol. The van der Waals surface area contributed by atoms with Crippen molar-refractivity contribution in [1.82, 2.24) is 0 Å². The van der Waals surface area contributed by atoms with E-state index in [1.54, 1.807) is 12.1 Å². The molecule has 0 radical (unpaired) electrons. The van der Waals surface area contributed by atoms with E-state index in [-0.39, 0.29) is 5.82 Å². The minimum Gasteiger partial charge on any atom is -0.398 e. The summed E-state index contributed by atoms with van der Waals surface area (Å²) in [6.45, 7) is 0. The molecule has 0 amide bonds. The second kappa shape index (κ2) is 3.85. The Bertz CT molecular complexity index is 266. The molecule has 0 aliphatic rings. The first-order valence-electron chi connectivity index (χ1n) is 3.72. The van der Waals surface area contributed by atoms with Gasteiger partial charge in [0.05, 0.1) is 0 Å². The fourth-order valence-electron chi connectivity index (χ4n) is 1.04. The molecule has 0 atom stereocenters. The molecule has 0 unspecified atom stereocenters. The first-order chi connectivity index (χ1) is 5.75. The van der Waals surface area contributed by atoms with Crippen molar-refractivity contribution >= 4 is 12.0 Å². The molecule has 0 saturated heterocycles. The Kier molecular flexibility index (Phi) is 2.80. The molecule has 2 nitrogen and oxygen atoms in total. The summed E-state index contributed by atoms with van der Waals surface area (Å²) in [7, 11) is 0. The quantitative estimate of drug-likeness (QED) is 0.548. The molecular formula is C9H10FNO. The number of nitrogen functional groups attached to an aromatic ring is 1. The number of rotatable bonds is 3. The van der Waals surface area contributed by atoms with Crippen molar-refractivity contribution in [3.05, 3.63) is 29.6 Å². The van der Waals surface area contributed by atoms with Crippen LogP contribution in [0.3, 0.4) is 0 Å². The Morgan fingerprint density at radius 1 is 1.50 bits per heavy atom. The van der Waals surface area contributed by atoms with E-state index in [0.29, 0.717) is 24.1 Å². The zero-order valence-electron chi connectivity index (χ0n) is 6.59. The monoisotopic (exact) mass is 167 g/mol. The Balaban J connectivity index is 2.88. The van der Waals surface area contributed by atoms with Crippen LogP contribution in [0.4, 0.5) is 10.1 Å².